The lowest BCUT2D eigenvalue weighted by Crippen LogP contribution is -2.35. The van der Waals surface area contributed by atoms with E-state index in [9.17, 15) is 0 Å². The maximum Gasteiger partial charge on any atom is 0.0323 e. The molecule has 20 heavy (non-hydrogen) atoms. The van der Waals surface area contributed by atoms with Crippen molar-refractivity contribution in [3.05, 3.63) is 35.4 Å². The summed E-state index contributed by atoms with van der Waals surface area (Å²) >= 11 is 2.12. The van der Waals surface area contributed by atoms with Gasteiger partial charge in [0.15, 0.2) is 0 Å². The van der Waals surface area contributed by atoms with E-state index in [1.54, 1.807) is 11.1 Å². The summed E-state index contributed by atoms with van der Waals surface area (Å²) in [6.07, 6.45) is 5.38. The van der Waals surface area contributed by atoms with Gasteiger partial charge < -0.3 is 5.32 Å². The highest BCUT2D eigenvalue weighted by atomic mass is 32.2. The zero-order valence-corrected chi connectivity index (χ0v) is 13.6. The average molecular weight is 289 g/mol. The predicted molar refractivity (Wildman–Crippen MR) is 89.5 cm³/mol. The van der Waals surface area contributed by atoms with E-state index in [0.717, 1.165) is 5.92 Å². The number of thioether (sulfide) groups is 1. The van der Waals surface area contributed by atoms with Crippen LogP contribution in [0.25, 0.3) is 0 Å². The van der Waals surface area contributed by atoms with Crippen LogP contribution in [0.4, 0.5) is 0 Å². The zero-order valence-electron chi connectivity index (χ0n) is 12.8. The molecule has 2 aliphatic rings. The molecular weight excluding hydrogens is 262 g/mol. The third-order valence-electron chi connectivity index (χ3n) is 5.12. The summed E-state index contributed by atoms with van der Waals surface area (Å²) < 4.78 is 0. The summed E-state index contributed by atoms with van der Waals surface area (Å²) in [4.78, 5) is 0. The van der Waals surface area contributed by atoms with Crippen LogP contribution >= 0.6 is 11.8 Å². The van der Waals surface area contributed by atoms with E-state index in [0.29, 0.717) is 11.5 Å². The Morgan fingerprint density at radius 1 is 1.15 bits per heavy atom. The number of nitrogens with one attached hydrogen (secondary N) is 1. The molecule has 0 spiro atoms. The molecule has 1 aromatic carbocycles. The van der Waals surface area contributed by atoms with E-state index in [2.05, 4.69) is 55.2 Å². The summed E-state index contributed by atoms with van der Waals surface area (Å²) in [5, 5.41) is 3.88. The lowest BCUT2D eigenvalue weighted by atomic mass is 9.71. The Balaban J connectivity index is 1.68. The Labute approximate surface area is 127 Å². The summed E-state index contributed by atoms with van der Waals surface area (Å²) in [5.41, 5.74) is 3.45. The van der Waals surface area contributed by atoms with Crippen molar-refractivity contribution in [3.63, 3.8) is 0 Å². The monoisotopic (exact) mass is 289 g/mol. The van der Waals surface area contributed by atoms with Crippen LogP contribution in [0.2, 0.25) is 0 Å². The molecule has 0 saturated carbocycles. The summed E-state index contributed by atoms with van der Waals surface area (Å²) in [5.74, 6) is 3.62. The van der Waals surface area contributed by atoms with Crippen molar-refractivity contribution in [1.82, 2.24) is 5.32 Å². The number of hydrogen-bond donors (Lipinski definition) is 1. The van der Waals surface area contributed by atoms with Gasteiger partial charge in [0.2, 0.25) is 0 Å². The van der Waals surface area contributed by atoms with Crippen LogP contribution in [0.15, 0.2) is 24.3 Å². The first kappa shape index (κ1) is 14.5. The molecule has 3 rings (SSSR count). The van der Waals surface area contributed by atoms with E-state index in [1.165, 1.54) is 43.7 Å². The van der Waals surface area contributed by atoms with Crippen LogP contribution in [-0.4, -0.2) is 18.1 Å². The number of hydrogen-bond acceptors (Lipinski definition) is 2. The highest BCUT2D eigenvalue weighted by Crippen LogP contribution is 2.41. The van der Waals surface area contributed by atoms with Gasteiger partial charge in [0.1, 0.15) is 0 Å². The van der Waals surface area contributed by atoms with Crippen molar-refractivity contribution in [2.75, 3.05) is 18.1 Å². The Hall–Kier alpha value is -0.470. The Morgan fingerprint density at radius 3 is 2.70 bits per heavy atom. The molecule has 110 valence electrons. The third kappa shape index (κ3) is 3.07. The van der Waals surface area contributed by atoms with Gasteiger partial charge in [-0.05, 0) is 66.2 Å². The fourth-order valence-corrected chi connectivity index (χ4v) is 4.89. The van der Waals surface area contributed by atoms with Gasteiger partial charge in [-0.2, -0.15) is 11.8 Å². The lowest BCUT2D eigenvalue weighted by Gasteiger charge is -2.38. The van der Waals surface area contributed by atoms with Gasteiger partial charge in [-0.25, -0.2) is 0 Å². The molecule has 2 heteroatoms. The van der Waals surface area contributed by atoms with Crippen LogP contribution in [0.3, 0.4) is 0 Å². The van der Waals surface area contributed by atoms with E-state index in [-0.39, 0.29) is 0 Å². The first-order chi connectivity index (χ1) is 9.67. The molecule has 1 aromatic rings. The summed E-state index contributed by atoms with van der Waals surface area (Å²) in [6, 6.07) is 9.65. The smallest absolute Gasteiger partial charge is 0.0323 e. The van der Waals surface area contributed by atoms with Crippen molar-refractivity contribution >= 4 is 11.8 Å². The molecule has 1 aliphatic heterocycles. The minimum absolute atomic E-state index is 0.344. The first-order valence-corrected chi connectivity index (χ1v) is 9.23. The van der Waals surface area contributed by atoms with E-state index >= 15 is 0 Å². The van der Waals surface area contributed by atoms with Crippen LogP contribution in [-0.2, 0) is 5.41 Å². The van der Waals surface area contributed by atoms with Crippen molar-refractivity contribution < 1.29 is 0 Å². The maximum absolute atomic E-state index is 3.88. The van der Waals surface area contributed by atoms with Gasteiger partial charge in [0.25, 0.3) is 0 Å². The normalized spacial score (nSPS) is 26.2. The minimum Gasteiger partial charge on any atom is -0.310 e. The molecule has 1 unspecified atom stereocenters. The molecule has 1 nitrogen and oxygen atoms in total. The average Bonchev–Trinajstić information content (AvgIpc) is 2.48. The van der Waals surface area contributed by atoms with Crippen LogP contribution in [0.5, 0.6) is 0 Å². The second kappa shape index (κ2) is 6.11. The van der Waals surface area contributed by atoms with Crippen molar-refractivity contribution in [2.45, 2.75) is 51.0 Å². The Bertz CT molecular complexity index is 448. The van der Waals surface area contributed by atoms with Gasteiger partial charge in [-0.15, -0.1) is 0 Å². The fourth-order valence-electron chi connectivity index (χ4n) is 3.68. The molecule has 1 N–H and O–H groups in total. The zero-order chi connectivity index (χ0) is 14.0. The van der Waals surface area contributed by atoms with E-state index in [4.69, 9.17) is 0 Å². The van der Waals surface area contributed by atoms with Crippen LogP contribution in [0, 0.1) is 5.92 Å². The molecule has 0 aromatic heterocycles. The molecule has 1 atom stereocenters. The topological polar surface area (TPSA) is 12.0 Å². The Morgan fingerprint density at radius 2 is 1.90 bits per heavy atom. The summed E-state index contributed by atoms with van der Waals surface area (Å²) in [6.45, 7) is 5.99. The first-order valence-electron chi connectivity index (χ1n) is 8.07. The molecule has 0 amide bonds. The maximum atomic E-state index is 3.88. The Kier molecular flexibility index (Phi) is 4.42. The van der Waals surface area contributed by atoms with E-state index in [1.807, 2.05) is 0 Å². The van der Waals surface area contributed by atoms with E-state index < -0.39 is 0 Å². The highest BCUT2D eigenvalue weighted by Gasteiger charge is 2.32. The van der Waals surface area contributed by atoms with Crippen molar-refractivity contribution in [3.8, 4) is 0 Å². The third-order valence-corrected chi connectivity index (χ3v) is 6.17. The molecule has 1 aliphatic carbocycles. The number of rotatable bonds is 3. The van der Waals surface area contributed by atoms with Crippen LogP contribution < -0.4 is 5.32 Å². The quantitative estimate of drug-likeness (QED) is 0.877. The molecule has 0 radical (unpaired) electrons. The highest BCUT2D eigenvalue weighted by molar-refractivity contribution is 7.99. The predicted octanol–water partition coefficient (Wildman–Crippen LogP) is 4.53. The second-order valence-electron chi connectivity index (χ2n) is 7.03. The molecular formula is C18H27NS. The SMILES string of the molecule is CC1(C)CCC(NCC2CCSCC2)c2ccccc21. The molecule has 1 fully saturated rings. The van der Waals surface area contributed by atoms with Gasteiger partial charge >= 0.3 is 0 Å². The lowest BCUT2D eigenvalue weighted by molar-refractivity contribution is 0.334. The molecule has 0 bridgehead atoms. The van der Waals surface area contributed by atoms with Crippen molar-refractivity contribution in [2.24, 2.45) is 5.92 Å². The van der Waals surface area contributed by atoms with Gasteiger partial charge in [-0.1, -0.05) is 38.1 Å². The van der Waals surface area contributed by atoms with Gasteiger partial charge in [-0.3, -0.25) is 0 Å². The second-order valence-corrected chi connectivity index (χ2v) is 8.25. The number of benzene rings is 1. The van der Waals surface area contributed by atoms with Gasteiger partial charge in [0, 0.05) is 6.04 Å². The fraction of sp³-hybridized carbons (Fsp3) is 0.667. The summed E-state index contributed by atoms with van der Waals surface area (Å²) in [7, 11) is 0. The van der Waals surface area contributed by atoms with Gasteiger partial charge in [0.05, 0.1) is 0 Å². The standard InChI is InChI=1S/C18H27NS/c1-18(2)10-7-17(15-5-3-4-6-16(15)18)19-13-14-8-11-20-12-9-14/h3-6,14,17,19H,7-13H2,1-2H3. The van der Waals surface area contributed by atoms with Crippen molar-refractivity contribution in [1.29, 1.82) is 0 Å². The minimum atomic E-state index is 0.344. The van der Waals surface area contributed by atoms with Crippen LogP contribution in [0.1, 0.15) is 56.7 Å². The number of fused-ring (bicyclic) bond motifs is 1. The largest absolute Gasteiger partial charge is 0.310 e. The molecule has 1 heterocycles. The molecule has 1 saturated heterocycles.